The summed E-state index contributed by atoms with van der Waals surface area (Å²) in [7, 11) is 0. The normalized spacial score (nSPS) is 24.4. The highest BCUT2D eigenvalue weighted by molar-refractivity contribution is 5.79. The molecule has 0 heterocycles. The van der Waals surface area contributed by atoms with Crippen LogP contribution < -0.4 is 5.32 Å². The molecule has 0 saturated heterocycles. The summed E-state index contributed by atoms with van der Waals surface area (Å²) in [5, 5.41) is 12.0. The highest BCUT2D eigenvalue weighted by atomic mass is 16.4. The van der Waals surface area contributed by atoms with Crippen LogP contribution in [0.25, 0.3) is 0 Å². The minimum absolute atomic E-state index is 0.00949. The lowest BCUT2D eigenvalue weighted by atomic mass is 9.81. The summed E-state index contributed by atoms with van der Waals surface area (Å²) in [6.07, 6.45) is 2.64. The van der Waals surface area contributed by atoms with Crippen LogP contribution in [-0.2, 0) is 9.59 Å². The first-order valence-electron chi connectivity index (χ1n) is 7.73. The summed E-state index contributed by atoms with van der Waals surface area (Å²) < 4.78 is 0. The lowest BCUT2D eigenvalue weighted by Crippen LogP contribution is -2.44. The van der Waals surface area contributed by atoms with E-state index in [9.17, 15) is 9.59 Å². The Bertz CT molecular complexity index is 321. The van der Waals surface area contributed by atoms with Crippen LogP contribution >= 0.6 is 0 Å². The number of carboxylic acid groups (broad SMARTS) is 1. The zero-order valence-corrected chi connectivity index (χ0v) is 12.9. The van der Waals surface area contributed by atoms with E-state index >= 15 is 0 Å². The molecule has 1 atom stereocenters. The molecular formula is C15H28N2O3. The predicted octanol–water partition coefficient (Wildman–Crippen LogP) is 1.72. The van der Waals surface area contributed by atoms with Crippen molar-refractivity contribution in [3.63, 3.8) is 0 Å². The standard InChI is InChI=1S/C15H28N2O3/c1-4-17(5-2)10-11(3)16-14(18)12-6-8-13(9-7-12)15(19)20/h11-13H,4-10H2,1-3H3,(H,16,18)(H,19,20). The van der Waals surface area contributed by atoms with E-state index in [1.165, 1.54) is 0 Å². The third-order valence-corrected chi connectivity index (χ3v) is 4.26. The van der Waals surface area contributed by atoms with Crippen LogP contribution in [0.3, 0.4) is 0 Å². The maximum Gasteiger partial charge on any atom is 0.306 e. The summed E-state index contributed by atoms with van der Waals surface area (Å²) in [5.41, 5.74) is 0. The summed E-state index contributed by atoms with van der Waals surface area (Å²) in [4.78, 5) is 25.3. The molecule has 0 radical (unpaired) electrons. The van der Waals surface area contributed by atoms with E-state index in [2.05, 4.69) is 24.1 Å². The molecule has 1 amide bonds. The van der Waals surface area contributed by atoms with E-state index < -0.39 is 5.97 Å². The topological polar surface area (TPSA) is 69.6 Å². The van der Waals surface area contributed by atoms with Crippen molar-refractivity contribution in [2.24, 2.45) is 11.8 Å². The van der Waals surface area contributed by atoms with Gasteiger partial charge in [0.2, 0.25) is 5.91 Å². The molecule has 1 fully saturated rings. The van der Waals surface area contributed by atoms with Crippen LogP contribution in [0.5, 0.6) is 0 Å². The Morgan fingerprint density at radius 2 is 1.65 bits per heavy atom. The van der Waals surface area contributed by atoms with Gasteiger partial charge in [0.05, 0.1) is 5.92 Å². The van der Waals surface area contributed by atoms with Crippen molar-refractivity contribution in [3.05, 3.63) is 0 Å². The van der Waals surface area contributed by atoms with Crippen LogP contribution in [0.2, 0.25) is 0 Å². The fraction of sp³-hybridized carbons (Fsp3) is 0.867. The molecule has 116 valence electrons. The van der Waals surface area contributed by atoms with Gasteiger partial charge in [0, 0.05) is 18.5 Å². The third kappa shape index (κ3) is 5.12. The zero-order valence-electron chi connectivity index (χ0n) is 12.9. The molecule has 1 aliphatic carbocycles. The minimum atomic E-state index is -0.723. The smallest absolute Gasteiger partial charge is 0.306 e. The van der Waals surface area contributed by atoms with Gasteiger partial charge < -0.3 is 15.3 Å². The van der Waals surface area contributed by atoms with Crippen LogP contribution in [-0.4, -0.2) is 47.6 Å². The van der Waals surface area contributed by atoms with Gasteiger partial charge in [-0.2, -0.15) is 0 Å². The number of hydrogen-bond acceptors (Lipinski definition) is 3. The average Bonchev–Trinajstić information content (AvgIpc) is 2.44. The Morgan fingerprint density at radius 3 is 2.10 bits per heavy atom. The van der Waals surface area contributed by atoms with Gasteiger partial charge in [-0.3, -0.25) is 9.59 Å². The number of aliphatic carboxylic acids is 1. The number of nitrogens with one attached hydrogen (secondary N) is 1. The van der Waals surface area contributed by atoms with Crippen LogP contribution in [0.1, 0.15) is 46.5 Å². The third-order valence-electron chi connectivity index (χ3n) is 4.26. The first kappa shape index (κ1) is 17.0. The second kappa shape index (κ2) is 8.25. The van der Waals surface area contributed by atoms with E-state index in [-0.39, 0.29) is 23.8 Å². The maximum atomic E-state index is 12.2. The minimum Gasteiger partial charge on any atom is -0.481 e. The van der Waals surface area contributed by atoms with E-state index in [4.69, 9.17) is 5.11 Å². The molecule has 2 N–H and O–H groups in total. The number of carbonyl (C=O) groups excluding carboxylic acids is 1. The maximum absolute atomic E-state index is 12.2. The van der Waals surface area contributed by atoms with Crippen molar-refractivity contribution in [2.75, 3.05) is 19.6 Å². The van der Waals surface area contributed by atoms with Gasteiger partial charge in [0.1, 0.15) is 0 Å². The number of hydrogen-bond donors (Lipinski definition) is 2. The molecule has 1 rings (SSSR count). The Morgan fingerprint density at radius 1 is 1.15 bits per heavy atom. The fourth-order valence-electron chi connectivity index (χ4n) is 2.88. The van der Waals surface area contributed by atoms with Crippen molar-refractivity contribution < 1.29 is 14.7 Å². The van der Waals surface area contributed by atoms with E-state index in [0.29, 0.717) is 25.7 Å². The Kier molecular flexibility index (Phi) is 6.99. The fourth-order valence-corrected chi connectivity index (χ4v) is 2.88. The molecule has 0 aromatic carbocycles. The highest BCUT2D eigenvalue weighted by Crippen LogP contribution is 2.29. The molecular weight excluding hydrogens is 256 g/mol. The molecule has 0 aromatic heterocycles. The van der Waals surface area contributed by atoms with Gasteiger partial charge in [0.25, 0.3) is 0 Å². The molecule has 0 aromatic rings. The zero-order chi connectivity index (χ0) is 15.1. The van der Waals surface area contributed by atoms with Crippen LogP contribution in [0, 0.1) is 11.8 Å². The number of rotatable bonds is 7. The number of likely N-dealkylation sites (N-methyl/N-ethyl adjacent to an activating group) is 1. The molecule has 5 nitrogen and oxygen atoms in total. The molecule has 1 saturated carbocycles. The van der Waals surface area contributed by atoms with Crippen molar-refractivity contribution in [2.45, 2.75) is 52.5 Å². The van der Waals surface area contributed by atoms with Gasteiger partial charge >= 0.3 is 5.97 Å². The molecule has 1 unspecified atom stereocenters. The van der Waals surface area contributed by atoms with Crippen LogP contribution in [0.15, 0.2) is 0 Å². The van der Waals surface area contributed by atoms with Crippen molar-refractivity contribution >= 4 is 11.9 Å². The second-order valence-electron chi connectivity index (χ2n) is 5.78. The van der Waals surface area contributed by atoms with E-state index in [0.717, 1.165) is 19.6 Å². The van der Waals surface area contributed by atoms with E-state index in [1.807, 2.05) is 6.92 Å². The second-order valence-corrected chi connectivity index (χ2v) is 5.78. The Balaban J connectivity index is 2.34. The quantitative estimate of drug-likeness (QED) is 0.747. The molecule has 20 heavy (non-hydrogen) atoms. The molecule has 0 bridgehead atoms. The lowest BCUT2D eigenvalue weighted by Gasteiger charge is -2.28. The van der Waals surface area contributed by atoms with Crippen molar-refractivity contribution in [1.29, 1.82) is 0 Å². The van der Waals surface area contributed by atoms with Crippen LogP contribution in [0.4, 0.5) is 0 Å². The van der Waals surface area contributed by atoms with Gasteiger partial charge in [-0.05, 0) is 45.7 Å². The number of carbonyl (C=O) groups is 2. The van der Waals surface area contributed by atoms with Crippen molar-refractivity contribution in [3.8, 4) is 0 Å². The van der Waals surface area contributed by atoms with Gasteiger partial charge in [-0.1, -0.05) is 13.8 Å². The molecule has 0 spiro atoms. The van der Waals surface area contributed by atoms with Gasteiger partial charge in [-0.15, -0.1) is 0 Å². The SMILES string of the molecule is CCN(CC)CC(C)NC(=O)C1CCC(C(=O)O)CC1. The first-order chi connectivity index (χ1) is 9.47. The summed E-state index contributed by atoms with van der Waals surface area (Å²) in [6, 6.07) is 0.139. The van der Waals surface area contributed by atoms with Gasteiger partial charge in [0.15, 0.2) is 0 Å². The molecule has 1 aliphatic rings. The average molecular weight is 284 g/mol. The van der Waals surface area contributed by atoms with Crippen molar-refractivity contribution in [1.82, 2.24) is 10.2 Å². The highest BCUT2D eigenvalue weighted by Gasteiger charge is 2.30. The molecule has 0 aliphatic heterocycles. The predicted molar refractivity (Wildman–Crippen MR) is 78.5 cm³/mol. The number of amides is 1. The number of nitrogens with zero attached hydrogens (tertiary/aromatic N) is 1. The summed E-state index contributed by atoms with van der Waals surface area (Å²) in [6.45, 7) is 9.10. The summed E-state index contributed by atoms with van der Waals surface area (Å²) in [5.74, 6) is -0.899. The Labute approximate surface area is 121 Å². The largest absolute Gasteiger partial charge is 0.481 e. The molecule has 5 heteroatoms. The van der Waals surface area contributed by atoms with E-state index in [1.54, 1.807) is 0 Å². The number of carboxylic acids is 1. The first-order valence-corrected chi connectivity index (χ1v) is 7.73. The lowest BCUT2D eigenvalue weighted by molar-refractivity contribution is -0.144. The summed E-state index contributed by atoms with van der Waals surface area (Å²) >= 11 is 0. The van der Waals surface area contributed by atoms with Gasteiger partial charge in [-0.25, -0.2) is 0 Å². The Hall–Kier alpha value is -1.10. The monoisotopic (exact) mass is 284 g/mol.